The number of nitrogens with zero attached hydrogens (tertiary/aromatic N) is 3. The van der Waals surface area contributed by atoms with E-state index >= 15 is 0 Å². The monoisotopic (exact) mass is 511 g/mol. The molecule has 2 aliphatic rings. The summed E-state index contributed by atoms with van der Waals surface area (Å²) in [5, 5.41) is 11.6. The molecular formula is C30H42FN3O3. The van der Waals surface area contributed by atoms with Crippen molar-refractivity contribution < 1.29 is 19.0 Å². The smallest absolute Gasteiger partial charge is 0.253 e. The van der Waals surface area contributed by atoms with Gasteiger partial charge in [0.05, 0.1) is 18.9 Å². The Hall–Kier alpha value is -2.64. The van der Waals surface area contributed by atoms with Gasteiger partial charge >= 0.3 is 0 Å². The van der Waals surface area contributed by atoms with Crippen LogP contribution in [0.5, 0.6) is 5.75 Å². The van der Waals surface area contributed by atoms with Crippen LogP contribution in [-0.2, 0) is 0 Å². The average molecular weight is 512 g/mol. The first kappa shape index (κ1) is 27.4. The molecule has 4 rings (SSSR count). The number of hydrogen-bond donors (Lipinski definition) is 1. The second-order valence-electron chi connectivity index (χ2n) is 10.7. The van der Waals surface area contributed by atoms with E-state index in [4.69, 9.17) is 4.74 Å². The second-order valence-corrected chi connectivity index (χ2v) is 10.7. The van der Waals surface area contributed by atoms with Gasteiger partial charge in [0.2, 0.25) is 0 Å². The summed E-state index contributed by atoms with van der Waals surface area (Å²) in [4.78, 5) is 19.3. The zero-order valence-corrected chi connectivity index (χ0v) is 22.5. The minimum Gasteiger partial charge on any atom is -0.494 e. The van der Waals surface area contributed by atoms with E-state index in [1.807, 2.05) is 24.3 Å². The van der Waals surface area contributed by atoms with Gasteiger partial charge in [-0.1, -0.05) is 37.5 Å². The van der Waals surface area contributed by atoms with Crippen LogP contribution in [0, 0.1) is 11.7 Å². The van der Waals surface area contributed by atoms with Gasteiger partial charge in [-0.25, -0.2) is 4.39 Å². The number of hydrogen-bond acceptors (Lipinski definition) is 5. The van der Waals surface area contributed by atoms with Crippen LogP contribution < -0.4 is 9.64 Å². The van der Waals surface area contributed by atoms with Gasteiger partial charge in [-0.15, -0.1) is 0 Å². The number of piperazine rings is 1. The largest absolute Gasteiger partial charge is 0.494 e. The molecule has 37 heavy (non-hydrogen) atoms. The Balaban J connectivity index is 1.47. The molecule has 1 heterocycles. The van der Waals surface area contributed by atoms with E-state index in [0.717, 1.165) is 63.2 Å². The van der Waals surface area contributed by atoms with E-state index in [9.17, 15) is 14.3 Å². The molecule has 0 spiro atoms. The number of aliphatic hydroxyl groups excluding tert-OH is 1. The zero-order chi connectivity index (χ0) is 26.4. The number of amides is 1. The van der Waals surface area contributed by atoms with Gasteiger partial charge in [-0.05, 0) is 55.5 Å². The number of halogens is 1. The summed E-state index contributed by atoms with van der Waals surface area (Å²) in [6.07, 6.45) is 6.03. The molecule has 2 atom stereocenters. The zero-order valence-electron chi connectivity index (χ0n) is 22.5. The SMILES string of the molecule is COc1cc(F)ccc1N1CCN(CCC(c2ccccc2C(=O)N(C)C)C(O)C2CCCCC2)CC1. The first-order chi connectivity index (χ1) is 17.9. The third-order valence-electron chi connectivity index (χ3n) is 8.15. The lowest BCUT2D eigenvalue weighted by Crippen LogP contribution is -2.47. The van der Waals surface area contributed by atoms with Crippen molar-refractivity contribution in [1.82, 2.24) is 9.80 Å². The van der Waals surface area contributed by atoms with Crippen LogP contribution in [-0.4, -0.2) is 80.8 Å². The van der Waals surface area contributed by atoms with E-state index in [2.05, 4.69) is 9.80 Å². The summed E-state index contributed by atoms with van der Waals surface area (Å²) in [6.45, 7) is 4.27. The summed E-state index contributed by atoms with van der Waals surface area (Å²) in [6, 6.07) is 12.5. The molecule has 1 aliphatic heterocycles. The summed E-state index contributed by atoms with van der Waals surface area (Å²) < 4.78 is 19.1. The fraction of sp³-hybridized carbons (Fsp3) is 0.567. The maximum Gasteiger partial charge on any atom is 0.253 e. The molecule has 1 amide bonds. The van der Waals surface area contributed by atoms with Crippen molar-refractivity contribution in [2.75, 3.05) is 58.8 Å². The van der Waals surface area contributed by atoms with Crippen LogP contribution in [0.15, 0.2) is 42.5 Å². The average Bonchev–Trinajstić information content (AvgIpc) is 2.93. The molecule has 7 heteroatoms. The quantitative estimate of drug-likeness (QED) is 0.526. The third kappa shape index (κ3) is 6.63. The number of carbonyl (C=O) groups excluding carboxylic acids is 1. The predicted molar refractivity (Wildman–Crippen MR) is 146 cm³/mol. The van der Waals surface area contributed by atoms with E-state index < -0.39 is 6.10 Å². The Morgan fingerprint density at radius 1 is 1.08 bits per heavy atom. The molecule has 6 nitrogen and oxygen atoms in total. The molecular weight excluding hydrogens is 469 g/mol. The van der Waals surface area contributed by atoms with Crippen molar-refractivity contribution >= 4 is 11.6 Å². The minimum absolute atomic E-state index is 0.0155. The summed E-state index contributed by atoms with van der Waals surface area (Å²) in [7, 11) is 5.13. The first-order valence-corrected chi connectivity index (χ1v) is 13.7. The molecule has 1 saturated heterocycles. The molecule has 2 unspecified atom stereocenters. The molecule has 2 aromatic carbocycles. The lowest BCUT2D eigenvalue weighted by Gasteiger charge is -2.38. The molecule has 202 valence electrons. The number of aliphatic hydroxyl groups is 1. The van der Waals surface area contributed by atoms with Crippen LogP contribution in [0.1, 0.15) is 60.4 Å². The molecule has 0 radical (unpaired) electrons. The molecule has 1 saturated carbocycles. The van der Waals surface area contributed by atoms with Gasteiger partial charge in [-0.3, -0.25) is 9.69 Å². The fourth-order valence-electron chi connectivity index (χ4n) is 6.02. The van der Waals surface area contributed by atoms with Crippen molar-refractivity contribution in [2.45, 2.75) is 50.5 Å². The number of methoxy groups -OCH3 is 1. The number of rotatable bonds is 9. The normalized spacial score (nSPS) is 18.9. The first-order valence-electron chi connectivity index (χ1n) is 13.7. The van der Waals surface area contributed by atoms with E-state index in [1.165, 1.54) is 31.4 Å². The number of carbonyl (C=O) groups is 1. The summed E-state index contributed by atoms with van der Waals surface area (Å²) in [5.41, 5.74) is 2.58. The minimum atomic E-state index is -0.457. The van der Waals surface area contributed by atoms with Gasteiger partial charge in [-0.2, -0.15) is 0 Å². The van der Waals surface area contributed by atoms with Crippen molar-refractivity contribution in [1.29, 1.82) is 0 Å². The Morgan fingerprint density at radius 3 is 2.46 bits per heavy atom. The Kier molecular flexibility index (Phi) is 9.43. The number of ether oxygens (including phenoxy) is 1. The topological polar surface area (TPSA) is 56.2 Å². The molecule has 0 aromatic heterocycles. The van der Waals surface area contributed by atoms with Gasteiger partial charge in [0, 0.05) is 57.8 Å². The van der Waals surface area contributed by atoms with Crippen LogP contribution in [0.25, 0.3) is 0 Å². The third-order valence-corrected chi connectivity index (χ3v) is 8.15. The molecule has 2 aromatic rings. The lowest BCUT2D eigenvalue weighted by atomic mass is 9.76. The van der Waals surface area contributed by atoms with Crippen LogP contribution in [0.2, 0.25) is 0 Å². The fourth-order valence-corrected chi connectivity index (χ4v) is 6.02. The van der Waals surface area contributed by atoms with Gasteiger partial charge in [0.15, 0.2) is 0 Å². The second kappa shape index (κ2) is 12.7. The van der Waals surface area contributed by atoms with Gasteiger partial charge in [0.1, 0.15) is 11.6 Å². The van der Waals surface area contributed by atoms with Gasteiger partial charge in [0.25, 0.3) is 5.91 Å². The van der Waals surface area contributed by atoms with Crippen molar-refractivity contribution in [3.63, 3.8) is 0 Å². The van der Waals surface area contributed by atoms with Crippen LogP contribution >= 0.6 is 0 Å². The molecule has 2 fully saturated rings. The van der Waals surface area contributed by atoms with Crippen molar-refractivity contribution in [3.8, 4) is 5.75 Å². The Bertz CT molecular complexity index is 1030. The summed E-state index contributed by atoms with van der Waals surface area (Å²) in [5.74, 6) is 0.446. The molecule has 1 N–H and O–H groups in total. The maximum atomic E-state index is 13.7. The molecule has 1 aliphatic carbocycles. The van der Waals surface area contributed by atoms with Gasteiger partial charge < -0.3 is 19.6 Å². The van der Waals surface area contributed by atoms with E-state index in [-0.39, 0.29) is 23.6 Å². The Labute approximate surface area is 221 Å². The van der Waals surface area contributed by atoms with Crippen LogP contribution in [0.3, 0.4) is 0 Å². The predicted octanol–water partition coefficient (Wildman–Crippen LogP) is 4.77. The highest BCUT2D eigenvalue weighted by Gasteiger charge is 2.33. The Morgan fingerprint density at radius 2 is 1.78 bits per heavy atom. The standard InChI is InChI=1S/C30H42FN3O3/c1-32(2)30(36)26-12-8-7-11-24(26)25(29(35)22-9-5-4-6-10-22)15-16-33-17-19-34(20-18-33)27-14-13-23(31)21-28(27)37-3/h7-8,11-14,21-22,25,29,35H,4-6,9-10,15-20H2,1-3H3. The highest BCUT2D eigenvalue weighted by Crippen LogP contribution is 2.37. The number of benzene rings is 2. The summed E-state index contributed by atoms with van der Waals surface area (Å²) >= 11 is 0. The highest BCUT2D eigenvalue weighted by atomic mass is 19.1. The van der Waals surface area contributed by atoms with E-state index in [0.29, 0.717) is 11.3 Å². The molecule has 0 bridgehead atoms. The van der Waals surface area contributed by atoms with Crippen molar-refractivity contribution in [3.05, 3.63) is 59.4 Å². The van der Waals surface area contributed by atoms with Crippen LogP contribution in [0.4, 0.5) is 10.1 Å². The number of anilines is 1. The lowest BCUT2D eigenvalue weighted by molar-refractivity contribution is 0.0529. The van der Waals surface area contributed by atoms with Crippen molar-refractivity contribution in [2.24, 2.45) is 5.92 Å². The highest BCUT2D eigenvalue weighted by molar-refractivity contribution is 5.95. The maximum absolute atomic E-state index is 13.7. The van der Waals surface area contributed by atoms with E-state index in [1.54, 1.807) is 32.2 Å².